The Labute approximate surface area is 148 Å². The zero-order chi connectivity index (χ0) is 18.8. The number of amides is 2. The highest BCUT2D eigenvalue weighted by Crippen LogP contribution is 2.35. The minimum atomic E-state index is -4.86. The van der Waals surface area contributed by atoms with Gasteiger partial charge in [-0.3, -0.25) is 9.59 Å². The van der Waals surface area contributed by atoms with Gasteiger partial charge in [0.1, 0.15) is 0 Å². The standard InChI is InChI=1S/C16H22F3N3O2S/c1-10(2)21(11(3)23)8-6-14-20-12(9-25-14)13-5-4-7-22(13)15(24)16(17,18)19/h9-10,13H,4-8H2,1-3H3/t13-/m0/s1. The maximum Gasteiger partial charge on any atom is 0.471 e. The Morgan fingerprint density at radius 3 is 2.68 bits per heavy atom. The molecule has 0 N–H and O–H groups in total. The molecule has 1 aliphatic rings. The number of rotatable bonds is 5. The fourth-order valence-electron chi connectivity index (χ4n) is 3.07. The van der Waals surface area contributed by atoms with Gasteiger partial charge in [0.15, 0.2) is 0 Å². The molecule has 5 nitrogen and oxygen atoms in total. The van der Waals surface area contributed by atoms with Crippen molar-refractivity contribution >= 4 is 23.2 Å². The maximum atomic E-state index is 12.7. The first-order chi connectivity index (χ1) is 11.6. The van der Waals surface area contributed by atoms with Crippen LogP contribution in [0.15, 0.2) is 5.38 Å². The summed E-state index contributed by atoms with van der Waals surface area (Å²) in [5.41, 5.74) is 0.508. The van der Waals surface area contributed by atoms with Gasteiger partial charge in [-0.2, -0.15) is 13.2 Å². The van der Waals surface area contributed by atoms with Crippen LogP contribution in [0.4, 0.5) is 13.2 Å². The second-order valence-electron chi connectivity index (χ2n) is 6.38. The van der Waals surface area contributed by atoms with E-state index in [0.717, 1.165) is 9.91 Å². The molecule has 140 valence electrons. The number of aromatic nitrogens is 1. The molecule has 2 amide bonds. The molecule has 1 atom stereocenters. The Morgan fingerprint density at radius 2 is 2.12 bits per heavy atom. The Kier molecular flexibility index (Phi) is 6.08. The normalized spacial score (nSPS) is 18.0. The Bertz CT molecular complexity index is 630. The Morgan fingerprint density at radius 1 is 1.44 bits per heavy atom. The minimum Gasteiger partial charge on any atom is -0.340 e. The van der Waals surface area contributed by atoms with E-state index in [1.165, 1.54) is 18.3 Å². The SMILES string of the molecule is CC(=O)N(CCc1nc([C@@H]2CCCN2C(=O)C(F)(F)F)cs1)C(C)C. The first-order valence-electron chi connectivity index (χ1n) is 8.20. The number of likely N-dealkylation sites (tertiary alicyclic amines) is 1. The highest BCUT2D eigenvalue weighted by atomic mass is 32.1. The highest BCUT2D eigenvalue weighted by Gasteiger charge is 2.46. The first kappa shape index (κ1) is 19.7. The number of nitrogens with zero attached hydrogens (tertiary/aromatic N) is 3. The molecule has 0 aliphatic carbocycles. The van der Waals surface area contributed by atoms with Crippen LogP contribution >= 0.6 is 11.3 Å². The zero-order valence-electron chi connectivity index (χ0n) is 14.5. The average molecular weight is 377 g/mol. The summed E-state index contributed by atoms with van der Waals surface area (Å²) < 4.78 is 38.1. The van der Waals surface area contributed by atoms with Gasteiger partial charge in [-0.1, -0.05) is 0 Å². The van der Waals surface area contributed by atoms with Crippen molar-refractivity contribution in [3.05, 3.63) is 16.1 Å². The Balaban J connectivity index is 2.05. The molecule has 2 rings (SSSR count). The summed E-state index contributed by atoms with van der Waals surface area (Å²) in [6, 6.07) is -0.542. The lowest BCUT2D eigenvalue weighted by Crippen LogP contribution is -2.40. The van der Waals surface area contributed by atoms with Crippen LogP contribution < -0.4 is 0 Å². The van der Waals surface area contributed by atoms with Gasteiger partial charge in [-0.05, 0) is 26.7 Å². The number of carbonyl (C=O) groups is 2. The molecule has 0 unspecified atom stereocenters. The van der Waals surface area contributed by atoms with E-state index in [4.69, 9.17) is 0 Å². The zero-order valence-corrected chi connectivity index (χ0v) is 15.3. The third-order valence-electron chi connectivity index (χ3n) is 4.26. The summed E-state index contributed by atoms with van der Waals surface area (Å²) in [5.74, 6) is -1.82. The van der Waals surface area contributed by atoms with E-state index in [9.17, 15) is 22.8 Å². The van der Waals surface area contributed by atoms with Crippen molar-refractivity contribution in [2.45, 2.75) is 58.3 Å². The average Bonchev–Trinajstić information content (AvgIpc) is 3.13. The van der Waals surface area contributed by atoms with Crippen molar-refractivity contribution in [3.8, 4) is 0 Å². The van der Waals surface area contributed by atoms with Crippen molar-refractivity contribution in [1.82, 2.24) is 14.8 Å². The van der Waals surface area contributed by atoms with Crippen molar-refractivity contribution < 1.29 is 22.8 Å². The molecule has 0 saturated carbocycles. The van der Waals surface area contributed by atoms with Gasteiger partial charge in [-0.25, -0.2) is 4.98 Å². The maximum absolute atomic E-state index is 12.7. The molecular weight excluding hydrogens is 355 g/mol. The molecule has 9 heteroatoms. The molecular formula is C16H22F3N3O2S. The van der Waals surface area contributed by atoms with Gasteiger partial charge in [0.2, 0.25) is 5.91 Å². The first-order valence-corrected chi connectivity index (χ1v) is 9.08. The third kappa shape index (κ3) is 4.71. The van der Waals surface area contributed by atoms with Crippen LogP contribution in [0.2, 0.25) is 0 Å². The predicted octanol–water partition coefficient (Wildman–Crippen LogP) is 3.17. The van der Waals surface area contributed by atoms with Crippen LogP contribution in [-0.4, -0.2) is 51.9 Å². The molecule has 0 spiro atoms. The van der Waals surface area contributed by atoms with Gasteiger partial charge in [-0.15, -0.1) is 11.3 Å². The van der Waals surface area contributed by atoms with Gasteiger partial charge in [0.25, 0.3) is 0 Å². The summed E-state index contributed by atoms with van der Waals surface area (Å²) in [6.07, 6.45) is -3.30. The molecule has 0 bridgehead atoms. The molecule has 0 radical (unpaired) electrons. The van der Waals surface area contributed by atoms with Crippen molar-refractivity contribution in [2.24, 2.45) is 0 Å². The lowest BCUT2D eigenvalue weighted by Gasteiger charge is -2.25. The minimum absolute atomic E-state index is 0.0236. The summed E-state index contributed by atoms with van der Waals surface area (Å²) in [6.45, 7) is 5.96. The number of halogens is 3. The molecule has 1 aromatic rings. The summed E-state index contributed by atoms with van der Waals surface area (Å²) >= 11 is 1.35. The smallest absolute Gasteiger partial charge is 0.340 e. The fraction of sp³-hybridized carbons (Fsp3) is 0.688. The number of carbonyl (C=O) groups excluding carboxylic acids is 2. The van der Waals surface area contributed by atoms with E-state index in [-0.39, 0.29) is 18.5 Å². The van der Waals surface area contributed by atoms with E-state index in [1.54, 1.807) is 10.3 Å². The highest BCUT2D eigenvalue weighted by molar-refractivity contribution is 7.09. The van der Waals surface area contributed by atoms with Gasteiger partial charge >= 0.3 is 12.1 Å². The van der Waals surface area contributed by atoms with Crippen LogP contribution in [0.25, 0.3) is 0 Å². The van der Waals surface area contributed by atoms with E-state index in [0.29, 0.717) is 31.5 Å². The fourth-order valence-corrected chi connectivity index (χ4v) is 3.90. The van der Waals surface area contributed by atoms with Crippen molar-refractivity contribution in [2.75, 3.05) is 13.1 Å². The lowest BCUT2D eigenvalue weighted by molar-refractivity contribution is -0.186. The molecule has 1 saturated heterocycles. The molecule has 1 aliphatic heterocycles. The van der Waals surface area contributed by atoms with Crippen LogP contribution in [-0.2, 0) is 16.0 Å². The van der Waals surface area contributed by atoms with E-state index in [1.807, 2.05) is 13.8 Å². The Hall–Kier alpha value is -1.64. The molecule has 1 fully saturated rings. The molecule has 2 heterocycles. The summed E-state index contributed by atoms with van der Waals surface area (Å²) in [4.78, 5) is 30.2. The van der Waals surface area contributed by atoms with Gasteiger partial charge in [0.05, 0.1) is 16.7 Å². The number of hydrogen-bond donors (Lipinski definition) is 0. The third-order valence-corrected chi connectivity index (χ3v) is 5.19. The largest absolute Gasteiger partial charge is 0.471 e. The van der Waals surface area contributed by atoms with Crippen molar-refractivity contribution in [3.63, 3.8) is 0 Å². The quantitative estimate of drug-likeness (QED) is 0.792. The summed E-state index contributed by atoms with van der Waals surface area (Å²) in [7, 11) is 0. The molecule has 25 heavy (non-hydrogen) atoms. The number of thiazole rings is 1. The summed E-state index contributed by atoms with van der Waals surface area (Å²) in [5, 5.41) is 2.48. The van der Waals surface area contributed by atoms with Crippen LogP contribution in [0, 0.1) is 0 Å². The van der Waals surface area contributed by atoms with Gasteiger partial charge < -0.3 is 9.80 Å². The van der Waals surface area contributed by atoms with Gasteiger partial charge in [0, 0.05) is 37.9 Å². The topological polar surface area (TPSA) is 53.5 Å². The number of hydrogen-bond acceptors (Lipinski definition) is 4. The van der Waals surface area contributed by atoms with E-state index in [2.05, 4.69) is 4.98 Å². The monoisotopic (exact) mass is 377 g/mol. The van der Waals surface area contributed by atoms with E-state index >= 15 is 0 Å². The second kappa shape index (κ2) is 7.72. The van der Waals surface area contributed by atoms with Crippen LogP contribution in [0.3, 0.4) is 0 Å². The van der Waals surface area contributed by atoms with E-state index < -0.39 is 18.1 Å². The predicted molar refractivity (Wildman–Crippen MR) is 88.1 cm³/mol. The molecule has 0 aromatic carbocycles. The second-order valence-corrected chi connectivity index (χ2v) is 7.32. The molecule has 1 aromatic heterocycles. The van der Waals surface area contributed by atoms with Crippen molar-refractivity contribution in [1.29, 1.82) is 0 Å². The lowest BCUT2D eigenvalue weighted by atomic mass is 10.1. The number of alkyl halides is 3. The van der Waals surface area contributed by atoms with Crippen LogP contribution in [0.5, 0.6) is 0 Å². The van der Waals surface area contributed by atoms with Crippen LogP contribution in [0.1, 0.15) is 50.4 Å².